The minimum Gasteiger partial charge on any atom is -0.330 e. The second-order valence-corrected chi connectivity index (χ2v) is 7.47. The van der Waals surface area contributed by atoms with Crippen molar-refractivity contribution in [2.75, 3.05) is 31.6 Å². The number of thioether (sulfide) groups is 1. The van der Waals surface area contributed by atoms with Crippen molar-refractivity contribution in [2.24, 2.45) is 17.1 Å². The van der Waals surface area contributed by atoms with Gasteiger partial charge in [0.05, 0.1) is 0 Å². The molecule has 0 aromatic heterocycles. The van der Waals surface area contributed by atoms with Gasteiger partial charge in [-0.25, -0.2) is 0 Å². The van der Waals surface area contributed by atoms with Gasteiger partial charge in [0, 0.05) is 18.3 Å². The van der Waals surface area contributed by atoms with Crippen LogP contribution < -0.4 is 5.73 Å². The van der Waals surface area contributed by atoms with Crippen LogP contribution in [0, 0.1) is 11.3 Å². The lowest BCUT2D eigenvalue weighted by Crippen LogP contribution is -2.38. The maximum Gasteiger partial charge on any atom is 0.0191 e. The third-order valence-corrected chi connectivity index (χ3v) is 4.45. The molecule has 1 rings (SSSR count). The van der Waals surface area contributed by atoms with Gasteiger partial charge in [-0.15, -0.1) is 0 Å². The van der Waals surface area contributed by atoms with Crippen LogP contribution in [0.25, 0.3) is 0 Å². The molecule has 1 aliphatic rings. The van der Waals surface area contributed by atoms with Crippen LogP contribution in [0.15, 0.2) is 0 Å². The Morgan fingerprint density at radius 3 is 2.56 bits per heavy atom. The first kappa shape index (κ1) is 14.3. The zero-order chi connectivity index (χ0) is 12.2. The average Bonchev–Trinajstić information content (AvgIpc) is 2.67. The molecule has 0 aliphatic carbocycles. The Balaban J connectivity index is 2.36. The predicted molar refractivity (Wildman–Crippen MR) is 75.0 cm³/mol. The molecular weight excluding hydrogens is 216 g/mol. The van der Waals surface area contributed by atoms with E-state index in [0.717, 1.165) is 12.6 Å². The van der Waals surface area contributed by atoms with E-state index in [1.165, 1.54) is 30.9 Å². The summed E-state index contributed by atoms with van der Waals surface area (Å²) in [6, 6.07) is 0.791. The zero-order valence-corrected chi connectivity index (χ0v) is 12.1. The van der Waals surface area contributed by atoms with E-state index in [1.54, 1.807) is 0 Å². The van der Waals surface area contributed by atoms with Crippen molar-refractivity contribution in [3.8, 4) is 0 Å². The number of hydrogen-bond acceptors (Lipinski definition) is 3. The first-order valence-corrected chi connectivity index (χ1v) is 7.56. The highest BCUT2D eigenvalue weighted by molar-refractivity contribution is 7.99. The van der Waals surface area contributed by atoms with Crippen LogP contribution in [-0.4, -0.2) is 42.6 Å². The molecule has 0 aromatic carbocycles. The molecule has 0 bridgehead atoms. The van der Waals surface area contributed by atoms with Crippen molar-refractivity contribution in [1.29, 1.82) is 0 Å². The molecule has 2 unspecified atom stereocenters. The van der Waals surface area contributed by atoms with Gasteiger partial charge < -0.3 is 10.6 Å². The molecule has 96 valence electrons. The van der Waals surface area contributed by atoms with E-state index < -0.39 is 0 Å². The van der Waals surface area contributed by atoms with Gasteiger partial charge in [-0.1, -0.05) is 20.8 Å². The fourth-order valence-corrected chi connectivity index (χ4v) is 3.81. The van der Waals surface area contributed by atoms with Crippen molar-refractivity contribution < 1.29 is 0 Å². The summed E-state index contributed by atoms with van der Waals surface area (Å²) >= 11 is 2.09. The van der Waals surface area contributed by atoms with Gasteiger partial charge in [-0.05, 0) is 43.5 Å². The Morgan fingerprint density at radius 2 is 2.12 bits per heavy atom. The van der Waals surface area contributed by atoms with E-state index in [1.807, 2.05) is 0 Å². The van der Waals surface area contributed by atoms with E-state index in [-0.39, 0.29) is 0 Å². The second kappa shape index (κ2) is 6.27. The van der Waals surface area contributed by atoms with Gasteiger partial charge in [-0.3, -0.25) is 0 Å². The summed E-state index contributed by atoms with van der Waals surface area (Å²) in [5.74, 6) is 3.29. The third-order valence-electron chi connectivity index (χ3n) is 3.31. The van der Waals surface area contributed by atoms with Gasteiger partial charge in [0.25, 0.3) is 0 Å². The molecule has 1 fully saturated rings. The highest BCUT2D eigenvalue weighted by Crippen LogP contribution is 2.26. The molecule has 0 amide bonds. The number of rotatable bonds is 5. The zero-order valence-electron chi connectivity index (χ0n) is 11.3. The Hall–Kier alpha value is 0.270. The maximum atomic E-state index is 5.90. The fourth-order valence-electron chi connectivity index (χ4n) is 2.51. The summed E-state index contributed by atoms with van der Waals surface area (Å²) in [6.07, 6.45) is 2.58. The monoisotopic (exact) mass is 244 g/mol. The number of nitrogens with zero attached hydrogens (tertiary/aromatic N) is 1. The molecule has 0 aromatic rings. The topological polar surface area (TPSA) is 29.3 Å². The van der Waals surface area contributed by atoms with Crippen LogP contribution in [0.1, 0.15) is 33.6 Å². The molecule has 0 radical (unpaired) electrons. The molecule has 0 saturated carbocycles. The van der Waals surface area contributed by atoms with Crippen LogP contribution in [0.5, 0.6) is 0 Å². The maximum absolute atomic E-state index is 5.90. The first-order valence-electron chi connectivity index (χ1n) is 6.40. The molecule has 2 N–H and O–H groups in total. The molecule has 1 aliphatic heterocycles. The minimum absolute atomic E-state index is 0.398. The molecule has 1 saturated heterocycles. The average molecular weight is 244 g/mol. The van der Waals surface area contributed by atoms with Gasteiger partial charge in [0.15, 0.2) is 0 Å². The molecule has 3 heteroatoms. The predicted octanol–water partition coefficient (Wildman–Crippen LogP) is 2.43. The Morgan fingerprint density at radius 1 is 1.44 bits per heavy atom. The lowest BCUT2D eigenvalue weighted by Gasteiger charge is -2.31. The summed E-state index contributed by atoms with van der Waals surface area (Å²) in [5, 5.41) is 0. The van der Waals surface area contributed by atoms with Gasteiger partial charge in [-0.2, -0.15) is 11.8 Å². The fraction of sp³-hybridized carbons (Fsp3) is 1.00. The van der Waals surface area contributed by atoms with E-state index in [0.29, 0.717) is 11.3 Å². The Kier molecular flexibility index (Phi) is 5.62. The SMILES string of the molecule is CN(CC(CN)CC(C)(C)C)C1CCSC1. The second-order valence-electron chi connectivity index (χ2n) is 6.32. The summed E-state index contributed by atoms with van der Waals surface area (Å²) in [6.45, 7) is 8.91. The highest BCUT2D eigenvalue weighted by atomic mass is 32.2. The smallest absolute Gasteiger partial charge is 0.0191 e. The van der Waals surface area contributed by atoms with Crippen LogP contribution in [0.2, 0.25) is 0 Å². The van der Waals surface area contributed by atoms with Gasteiger partial charge in [0.2, 0.25) is 0 Å². The van der Waals surface area contributed by atoms with Crippen molar-refractivity contribution >= 4 is 11.8 Å². The molecule has 0 spiro atoms. The third kappa shape index (κ3) is 5.07. The van der Waals surface area contributed by atoms with Crippen LogP contribution >= 0.6 is 11.8 Å². The minimum atomic E-state index is 0.398. The van der Waals surface area contributed by atoms with E-state index in [4.69, 9.17) is 5.73 Å². The van der Waals surface area contributed by atoms with Crippen LogP contribution in [0.3, 0.4) is 0 Å². The van der Waals surface area contributed by atoms with Crippen LogP contribution in [-0.2, 0) is 0 Å². The summed E-state index contributed by atoms with van der Waals surface area (Å²) in [7, 11) is 2.27. The quantitative estimate of drug-likeness (QED) is 0.805. The van der Waals surface area contributed by atoms with Crippen molar-refractivity contribution in [1.82, 2.24) is 4.90 Å². The van der Waals surface area contributed by atoms with Crippen molar-refractivity contribution in [3.05, 3.63) is 0 Å². The van der Waals surface area contributed by atoms with Gasteiger partial charge in [0.1, 0.15) is 0 Å². The molecule has 2 nitrogen and oxygen atoms in total. The summed E-state index contributed by atoms with van der Waals surface area (Å²) in [5.41, 5.74) is 6.29. The molecule has 16 heavy (non-hydrogen) atoms. The molecule has 2 atom stereocenters. The molecular formula is C13H28N2S. The standard InChI is InChI=1S/C13H28N2S/c1-13(2,3)7-11(8-14)9-15(4)12-5-6-16-10-12/h11-12H,5-10,14H2,1-4H3. The number of hydrogen-bond donors (Lipinski definition) is 1. The molecule has 1 heterocycles. The number of nitrogens with two attached hydrogens (primary N) is 1. The first-order chi connectivity index (χ1) is 7.42. The lowest BCUT2D eigenvalue weighted by atomic mass is 9.84. The summed E-state index contributed by atoms with van der Waals surface area (Å²) in [4.78, 5) is 2.53. The van der Waals surface area contributed by atoms with Crippen LogP contribution in [0.4, 0.5) is 0 Å². The van der Waals surface area contributed by atoms with Crippen molar-refractivity contribution in [2.45, 2.75) is 39.7 Å². The van der Waals surface area contributed by atoms with Gasteiger partial charge >= 0.3 is 0 Å². The lowest BCUT2D eigenvalue weighted by molar-refractivity contribution is 0.188. The summed E-state index contributed by atoms with van der Waals surface area (Å²) < 4.78 is 0. The van der Waals surface area contributed by atoms with E-state index >= 15 is 0 Å². The van der Waals surface area contributed by atoms with E-state index in [2.05, 4.69) is 44.5 Å². The highest BCUT2D eigenvalue weighted by Gasteiger charge is 2.24. The Labute approximate surface area is 105 Å². The Bertz CT molecular complexity index is 195. The van der Waals surface area contributed by atoms with Crippen molar-refractivity contribution in [3.63, 3.8) is 0 Å². The largest absolute Gasteiger partial charge is 0.330 e. The normalized spacial score (nSPS) is 24.0. The van der Waals surface area contributed by atoms with E-state index in [9.17, 15) is 0 Å².